The van der Waals surface area contributed by atoms with Crippen LogP contribution in [0.2, 0.25) is 0 Å². The quantitative estimate of drug-likeness (QED) is 0.673. The average Bonchev–Trinajstić information content (AvgIpc) is 2.24. The van der Waals surface area contributed by atoms with E-state index in [1.54, 1.807) is 0 Å². The number of hydrogen-bond donors (Lipinski definition) is 2. The highest BCUT2D eigenvalue weighted by Crippen LogP contribution is 2.07. The molecule has 0 rings (SSSR count). The second-order valence-corrected chi connectivity index (χ2v) is 4.98. The van der Waals surface area contributed by atoms with Crippen molar-refractivity contribution in [3.8, 4) is 0 Å². The van der Waals surface area contributed by atoms with Gasteiger partial charge in [-0.2, -0.15) is 0 Å². The highest BCUT2D eigenvalue weighted by molar-refractivity contribution is 5.87. The molecule has 100 valence electrons. The minimum atomic E-state index is -0.614. The van der Waals surface area contributed by atoms with Crippen LogP contribution in [0.3, 0.4) is 0 Å². The number of carbonyl (C=O) groups excluding carboxylic acids is 2. The monoisotopic (exact) mass is 244 g/mol. The first-order chi connectivity index (χ1) is 7.79. The molecule has 0 saturated heterocycles. The summed E-state index contributed by atoms with van der Waals surface area (Å²) in [4.78, 5) is 23.3. The van der Waals surface area contributed by atoms with Gasteiger partial charge in [0.1, 0.15) is 6.04 Å². The summed E-state index contributed by atoms with van der Waals surface area (Å²) in [6.07, 6.45) is 0.545. The van der Waals surface area contributed by atoms with E-state index in [0.29, 0.717) is 6.42 Å². The molecule has 5 heteroatoms. The lowest BCUT2D eigenvalue weighted by Crippen LogP contribution is -2.50. The molecule has 5 nitrogen and oxygen atoms in total. The molecule has 0 aliphatic heterocycles. The predicted molar refractivity (Wildman–Crippen MR) is 66.2 cm³/mol. The number of rotatable bonds is 6. The smallest absolute Gasteiger partial charge is 0.328 e. The van der Waals surface area contributed by atoms with Gasteiger partial charge in [0.15, 0.2) is 0 Å². The number of methoxy groups -OCH3 is 1. The van der Waals surface area contributed by atoms with Gasteiger partial charge in [-0.3, -0.25) is 4.79 Å². The second-order valence-electron chi connectivity index (χ2n) is 4.98. The van der Waals surface area contributed by atoms with Crippen LogP contribution in [0.5, 0.6) is 0 Å². The Labute approximate surface area is 103 Å². The number of hydrogen-bond acceptors (Lipinski definition) is 4. The van der Waals surface area contributed by atoms with E-state index >= 15 is 0 Å². The van der Waals surface area contributed by atoms with E-state index in [9.17, 15) is 9.59 Å². The van der Waals surface area contributed by atoms with Crippen molar-refractivity contribution >= 4 is 11.9 Å². The molecule has 1 unspecified atom stereocenters. The highest BCUT2D eigenvalue weighted by Gasteiger charge is 2.26. The molecule has 3 N–H and O–H groups in total. The summed E-state index contributed by atoms with van der Waals surface area (Å²) in [5.74, 6) is -0.416. The molecule has 0 aliphatic rings. The van der Waals surface area contributed by atoms with Crippen molar-refractivity contribution in [2.24, 2.45) is 17.6 Å². The molecule has 0 heterocycles. The standard InChI is InChI=1S/C12H24N2O3/c1-7(2)6-9(12(16)17-5)14-11(15)10(13)8(3)4/h7-10H,6,13H2,1-5H3,(H,14,15)/t9-,10?/m0/s1. The van der Waals surface area contributed by atoms with Crippen LogP contribution in [-0.2, 0) is 14.3 Å². The third kappa shape index (κ3) is 5.68. The number of nitrogens with one attached hydrogen (secondary N) is 1. The molecule has 1 amide bonds. The zero-order chi connectivity index (χ0) is 13.6. The van der Waals surface area contributed by atoms with E-state index in [1.807, 2.05) is 27.7 Å². The van der Waals surface area contributed by atoms with Crippen molar-refractivity contribution in [2.45, 2.75) is 46.2 Å². The Morgan fingerprint density at radius 2 is 1.76 bits per heavy atom. The zero-order valence-electron chi connectivity index (χ0n) is 11.3. The fraction of sp³-hybridized carbons (Fsp3) is 0.833. The summed E-state index contributed by atoms with van der Waals surface area (Å²) in [6.45, 7) is 7.68. The Bertz CT molecular complexity index is 264. The van der Waals surface area contributed by atoms with Crippen molar-refractivity contribution in [1.29, 1.82) is 0 Å². The maximum atomic E-state index is 11.8. The third-order valence-electron chi connectivity index (χ3n) is 2.53. The Hall–Kier alpha value is -1.10. The van der Waals surface area contributed by atoms with Crippen LogP contribution in [-0.4, -0.2) is 31.1 Å². The normalized spacial score (nSPS) is 14.6. The number of esters is 1. The van der Waals surface area contributed by atoms with Gasteiger partial charge in [-0.25, -0.2) is 4.79 Å². The molecule has 2 atom stereocenters. The van der Waals surface area contributed by atoms with Crippen LogP contribution < -0.4 is 11.1 Å². The summed E-state index contributed by atoms with van der Waals surface area (Å²) >= 11 is 0. The first-order valence-electron chi connectivity index (χ1n) is 5.93. The van der Waals surface area contributed by atoms with E-state index in [-0.39, 0.29) is 17.7 Å². The third-order valence-corrected chi connectivity index (χ3v) is 2.53. The summed E-state index contributed by atoms with van der Waals surface area (Å²) in [7, 11) is 1.31. The van der Waals surface area contributed by atoms with Crippen LogP contribution in [0.4, 0.5) is 0 Å². The molecule has 0 spiro atoms. The van der Waals surface area contributed by atoms with E-state index in [0.717, 1.165) is 0 Å². The number of ether oxygens (including phenoxy) is 1. The molecule has 0 aromatic heterocycles. The van der Waals surface area contributed by atoms with Crippen LogP contribution in [0.15, 0.2) is 0 Å². The van der Waals surface area contributed by atoms with Gasteiger partial charge in [0, 0.05) is 0 Å². The van der Waals surface area contributed by atoms with E-state index in [1.165, 1.54) is 7.11 Å². The summed E-state index contributed by atoms with van der Waals surface area (Å²) in [6, 6.07) is -1.22. The van der Waals surface area contributed by atoms with Crippen LogP contribution in [0, 0.1) is 11.8 Å². The number of amides is 1. The van der Waals surface area contributed by atoms with Gasteiger partial charge >= 0.3 is 5.97 Å². The van der Waals surface area contributed by atoms with Gasteiger partial charge in [-0.1, -0.05) is 27.7 Å². The zero-order valence-corrected chi connectivity index (χ0v) is 11.3. The lowest BCUT2D eigenvalue weighted by atomic mass is 10.0. The Kier molecular flexibility index (Phi) is 6.80. The average molecular weight is 244 g/mol. The van der Waals surface area contributed by atoms with Gasteiger partial charge in [0.05, 0.1) is 13.2 Å². The fourth-order valence-electron chi connectivity index (χ4n) is 1.40. The van der Waals surface area contributed by atoms with Gasteiger partial charge < -0.3 is 15.8 Å². The number of carbonyl (C=O) groups is 2. The van der Waals surface area contributed by atoms with Crippen molar-refractivity contribution in [1.82, 2.24) is 5.32 Å². The lowest BCUT2D eigenvalue weighted by molar-refractivity contribution is -0.145. The first-order valence-corrected chi connectivity index (χ1v) is 5.93. The maximum absolute atomic E-state index is 11.8. The molecule has 0 saturated carbocycles. The van der Waals surface area contributed by atoms with Gasteiger partial charge in [0.2, 0.25) is 5.91 Å². The van der Waals surface area contributed by atoms with Gasteiger partial charge in [0.25, 0.3) is 0 Å². The molecule has 0 fully saturated rings. The van der Waals surface area contributed by atoms with E-state index < -0.39 is 18.1 Å². The summed E-state index contributed by atoms with van der Waals surface area (Å²) < 4.78 is 4.66. The maximum Gasteiger partial charge on any atom is 0.328 e. The molecule has 0 radical (unpaired) electrons. The molecule has 17 heavy (non-hydrogen) atoms. The van der Waals surface area contributed by atoms with Crippen LogP contribution >= 0.6 is 0 Å². The van der Waals surface area contributed by atoms with Crippen molar-refractivity contribution < 1.29 is 14.3 Å². The van der Waals surface area contributed by atoms with E-state index in [4.69, 9.17) is 5.73 Å². The Morgan fingerprint density at radius 3 is 2.12 bits per heavy atom. The van der Waals surface area contributed by atoms with Crippen molar-refractivity contribution in [2.75, 3.05) is 7.11 Å². The van der Waals surface area contributed by atoms with Gasteiger partial charge in [-0.05, 0) is 18.3 Å². The first kappa shape index (κ1) is 15.9. The predicted octanol–water partition coefficient (Wildman–Crippen LogP) is 0.674. The van der Waals surface area contributed by atoms with Crippen molar-refractivity contribution in [3.63, 3.8) is 0 Å². The molecule has 0 aromatic carbocycles. The number of nitrogens with two attached hydrogens (primary N) is 1. The minimum absolute atomic E-state index is 0.0346. The molecular weight excluding hydrogens is 220 g/mol. The fourth-order valence-corrected chi connectivity index (χ4v) is 1.40. The largest absolute Gasteiger partial charge is 0.467 e. The molecule has 0 aromatic rings. The summed E-state index contributed by atoms with van der Waals surface area (Å²) in [5, 5.41) is 2.64. The Morgan fingerprint density at radius 1 is 1.24 bits per heavy atom. The summed E-state index contributed by atoms with van der Waals surface area (Å²) in [5.41, 5.74) is 5.72. The minimum Gasteiger partial charge on any atom is -0.467 e. The van der Waals surface area contributed by atoms with Crippen LogP contribution in [0.1, 0.15) is 34.1 Å². The highest BCUT2D eigenvalue weighted by atomic mass is 16.5. The SMILES string of the molecule is COC(=O)[C@H](CC(C)C)NC(=O)C(N)C(C)C. The topological polar surface area (TPSA) is 81.4 Å². The van der Waals surface area contributed by atoms with Crippen molar-refractivity contribution in [3.05, 3.63) is 0 Å². The molecule has 0 aliphatic carbocycles. The molecular formula is C12H24N2O3. The van der Waals surface area contributed by atoms with Crippen LogP contribution in [0.25, 0.3) is 0 Å². The second kappa shape index (κ2) is 7.27. The van der Waals surface area contributed by atoms with E-state index in [2.05, 4.69) is 10.1 Å². The van der Waals surface area contributed by atoms with Gasteiger partial charge in [-0.15, -0.1) is 0 Å². The Balaban J connectivity index is 4.53. The molecule has 0 bridgehead atoms. The lowest BCUT2D eigenvalue weighted by Gasteiger charge is -2.22.